The van der Waals surface area contributed by atoms with Crippen LogP contribution in [0.1, 0.15) is 26.2 Å². The maximum absolute atomic E-state index is 10.3. The molecule has 2 heteroatoms. The van der Waals surface area contributed by atoms with E-state index in [1.807, 2.05) is 0 Å². The van der Waals surface area contributed by atoms with Crippen LogP contribution in [-0.4, -0.2) is 12.3 Å². The molecule has 0 fully saturated rings. The molecule has 0 atom stereocenters. The lowest BCUT2D eigenvalue weighted by Crippen LogP contribution is -2.50. The second-order valence-electron chi connectivity index (χ2n) is 2.01. The van der Waals surface area contributed by atoms with E-state index in [1.165, 1.54) is 0 Å². The molecule has 0 radical (unpaired) electrons. The Morgan fingerprint density at radius 2 is 2.12 bits per heavy atom. The highest BCUT2D eigenvalue weighted by Crippen LogP contribution is 1.92. The molecule has 0 aromatic carbocycles. The number of carbonyl (C=O) groups is 1. The topological polar surface area (TPSA) is 44.7 Å². The van der Waals surface area contributed by atoms with Gasteiger partial charge in [0, 0.05) is 6.42 Å². The first-order chi connectivity index (χ1) is 3.77. The van der Waals surface area contributed by atoms with Crippen LogP contribution in [0.25, 0.3) is 0 Å². The van der Waals surface area contributed by atoms with E-state index in [0.29, 0.717) is 5.78 Å². The molecule has 2 nitrogen and oxygen atoms in total. The first kappa shape index (κ1) is 7.63. The molecule has 0 aliphatic heterocycles. The molecule has 0 bridgehead atoms. The molecule has 0 saturated heterocycles. The van der Waals surface area contributed by atoms with Gasteiger partial charge in [-0.25, -0.2) is 0 Å². The Morgan fingerprint density at radius 1 is 1.50 bits per heavy atom. The van der Waals surface area contributed by atoms with Crippen molar-refractivity contribution in [2.75, 3.05) is 6.54 Å². The summed E-state index contributed by atoms with van der Waals surface area (Å²) in [6, 6.07) is 0. The Hall–Kier alpha value is -0.370. The Kier molecular flexibility index (Phi) is 4.56. The zero-order valence-electron chi connectivity index (χ0n) is 5.44. The molecule has 0 amide bonds. The normalized spacial score (nSPS) is 9.25. The SMILES string of the molecule is CC(=O)CCCC[NH3+]. The summed E-state index contributed by atoms with van der Waals surface area (Å²) >= 11 is 0. The van der Waals surface area contributed by atoms with Gasteiger partial charge >= 0.3 is 0 Å². The number of Topliss-reactive ketones (excluding diaryl/α,β-unsaturated/α-hetero) is 1. The van der Waals surface area contributed by atoms with Crippen LogP contribution >= 0.6 is 0 Å². The van der Waals surface area contributed by atoms with Crippen LogP contribution in [-0.2, 0) is 4.79 Å². The first-order valence-corrected chi connectivity index (χ1v) is 3.06. The summed E-state index contributed by atoms with van der Waals surface area (Å²) < 4.78 is 0. The van der Waals surface area contributed by atoms with E-state index in [4.69, 9.17) is 0 Å². The van der Waals surface area contributed by atoms with Crippen molar-refractivity contribution in [2.45, 2.75) is 26.2 Å². The summed E-state index contributed by atoms with van der Waals surface area (Å²) in [7, 11) is 0. The Morgan fingerprint density at radius 3 is 2.50 bits per heavy atom. The lowest BCUT2D eigenvalue weighted by Gasteiger charge is -1.89. The number of carbonyl (C=O) groups excluding carboxylic acids is 1. The van der Waals surface area contributed by atoms with Crippen molar-refractivity contribution in [1.82, 2.24) is 0 Å². The Balaban J connectivity index is 2.82. The monoisotopic (exact) mass is 116 g/mol. The quantitative estimate of drug-likeness (QED) is 0.516. The van der Waals surface area contributed by atoms with Gasteiger partial charge in [0.2, 0.25) is 0 Å². The average molecular weight is 116 g/mol. The third-order valence-electron chi connectivity index (χ3n) is 1.03. The molecule has 3 N–H and O–H groups in total. The van der Waals surface area contributed by atoms with Crippen LogP contribution < -0.4 is 5.73 Å². The summed E-state index contributed by atoms with van der Waals surface area (Å²) in [5, 5.41) is 0. The number of ketones is 1. The smallest absolute Gasteiger partial charge is 0.129 e. The predicted octanol–water partition coefficient (Wildman–Crippen LogP) is -0.0124. The average Bonchev–Trinajstić information content (AvgIpc) is 1.66. The van der Waals surface area contributed by atoms with E-state index in [-0.39, 0.29) is 0 Å². The molecule has 0 saturated carbocycles. The zero-order valence-corrected chi connectivity index (χ0v) is 5.44. The molecule has 0 spiro atoms. The van der Waals surface area contributed by atoms with Crippen molar-refractivity contribution in [2.24, 2.45) is 0 Å². The van der Waals surface area contributed by atoms with Gasteiger partial charge in [-0.05, 0) is 19.8 Å². The van der Waals surface area contributed by atoms with Gasteiger partial charge in [0.15, 0.2) is 0 Å². The minimum atomic E-state index is 0.290. The molecule has 0 aromatic heterocycles. The van der Waals surface area contributed by atoms with Gasteiger partial charge in [-0.1, -0.05) is 0 Å². The lowest BCUT2D eigenvalue weighted by atomic mass is 10.2. The largest absolute Gasteiger partial charge is 0.358 e. The van der Waals surface area contributed by atoms with Gasteiger partial charge in [-0.15, -0.1) is 0 Å². The third kappa shape index (κ3) is 5.63. The van der Waals surface area contributed by atoms with Crippen molar-refractivity contribution in [3.05, 3.63) is 0 Å². The molecule has 0 aromatic rings. The van der Waals surface area contributed by atoms with Gasteiger partial charge in [0.05, 0.1) is 6.54 Å². The van der Waals surface area contributed by atoms with Crippen molar-refractivity contribution in [3.63, 3.8) is 0 Å². The van der Waals surface area contributed by atoms with Crippen LogP contribution in [0.5, 0.6) is 0 Å². The molecule has 8 heavy (non-hydrogen) atoms. The highest BCUT2D eigenvalue weighted by atomic mass is 16.1. The molecule has 0 heterocycles. The second kappa shape index (κ2) is 4.78. The summed E-state index contributed by atoms with van der Waals surface area (Å²) in [6.07, 6.45) is 2.83. The minimum absolute atomic E-state index is 0.290. The van der Waals surface area contributed by atoms with Gasteiger partial charge in [-0.3, -0.25) is 0 Å². The fourth-order valence-corrected chi connectivity index (χ4v) is 0.551. The molecule has 0 rings (SSSR count). The molecule has 0 aliphatic rings. The van der Waals surface area contributed by atoms with E-state index < -0.39 is 0 Å². The van der Waals surface area contributed by atoms with Crippen LogP contribution in [0.15, 0.2) is 0 Å². The van der Waals surface area contributed by atoms with Crippen LogP contribution in [0, 0.1) is 0 Å². The fraction of sp³-hybridized carbons (Fsp3) is 0.833. The lowest BCUT2D eigenvalue weighted by molar-refractivity contribution is -0.368. The van der Waals surface area contributed by atoms with Crippen molar-refractivity contribution in [1.29, 1.82) is 0 Å². The number of hydrogen-bond donors (Lipinski definition) is 1. The van der Waals surface area contributed by atoms with Gasteiger partial charge in [0.25, 0.3) is 0 Å². The maximum Gasteiger partial charge on any atom is 0.129 e. The van der Waals surface area contributed by atoms with Crippen LogP contribution in [0.2, 0.25) is 0 Å². The number of hydrogen-bond acceptors (Lipinski definition) is 1. The van der Waals surface area contributed by atoms with E-state index in [2.05, 4.69) is 5.73 Å². The molecular formula is C6H14NO+. The van der Waals surface area contributed by atoms with Crippen LogP contribution in [0.4, 0.5) is 0 Å². The summed E-state index contributed by atoms with van der Waals surface area (Å²) in [4.78, 5) is 10.3. The van der Waals surface area contributed by atoms with Gasteiger partial charge in [-0.2, -0.15) is 0 Å². The van der Waals surface area contributed by atoms with Crippen LogP contribution in [0.3, 0.4) is 0 Å². The molecular weight excluding hydrogens is 102 g/mol. The van der Waals surface area contributed by atoms with E-state index in [1.54, 1.807) is 6.92 Å². The number of quaternary nitrogens is 1. The van der Waals surface area contributed by atoms with Crippen molar-refractivity contribution >= 4 is 5.78 Å². The van der Waals surface area contributed by atoms with Gasteiger partial charge in [0.1, 0.15) is 5.78 Å². The Bertz CT molecular complexity index is 70.9. The van der Waals surface area contributed by atoms with Crippen molar-refractivity contribution < 1.29 is 10.5 Å². The van der Waals surface area contributed by atoms with E-state index >= 15 is 0 Å². The number of rotatable bonds is 4. The second-order valence-corrected chi connectivity index (χ2v) is 2.01. The van der Waals surface area contributed by atoms with Crippen molar-refractivity contribution in [3.8, 4) is 0 Å². The van der Waals surface area contributed by atoms with E-state index in [9.17, 15) is 4.79 Å². The number of unbranched alkanes of at least 4 members (excludes halogenated alkanes) is 1. The molecule has 0 aliphatic carbocycles. The fourth-order valence-electron chi connectivity index (χ4n) is 0.551. The van der Waals surface area contributed by atoms with E-state index in [0.717, 1.165) is 25.8 Å². The summed E-state index contributed by atoms with van der Waals surface area (Å²) in [5.41, 5.74) is 3.67. The first-order valence-electron chi connectivity index (χ1n) is 3.06. The standard InChI is InChI=1S/C6H13NO/c1-6(8)4-2-3-5-7/h2-5,7H2,1H3/p+1. The third-order valence-corrected chi connectivity index (χ3v) is 1.03. The molecule has 0 unspecified atom stereocenters. The highest BCUT2D eigenvalue weighted by Gasteiger charge is 1.90. The zero-order chi connectivity index (χ0) is 6.41. The molecule has 48 valence electrons. The summed E-state index contributed by atoms with van der Waals surface area (Å²) in [5.74, 6) is 0.290. The minimum Gasteiger partial charge on any atom is -0.358 e. The summed E-state index contributed by atoms with van der Waals surface area (Å²) in [6.45, 7) is 2.58. The maximum atomic E-state index is 10.3. The Labute approximate surface area is 50.1 Å². The highest BCUT2D eigenvalue weighted by molar-refractivity contribution is 5.75. The predicted molar refractivity (Wildman–Crippen MR) is 32.3 cm³/mol. The van der Waals surface area contributed by atoms with Gasteiger partial charge < -0.3 is 10.5 Å².